The van der Waals surface area contributed by atoms with Gasteiger partial charge in [-0.1, -0.05) is 6.08 Å². The Morgan fingerprint density at radius 2 is 2.50 bits per heavy atom. The maximum absolute atomic E-state index is 10.4. The molecule has 0 saturated heterocycles. The van der Waals surface area contributed by atoms with Crippen LogP contribution in [0.1, 0.15) is 19.3 Å². The molecule has 44 valence electrons. The van der Waals surface area contributed by atoms with Crippen LogP contribution < -0.4 is 5.73 Å². The highest BCUT2D eigenvalue weighted by molar-refractivity contribution is 5.92. The summed E-state index contributed by atoms with van der Waals surface area (Å²) in [6.45, 7) is 0. The van der Waals surface area contributed by atoms with Crippen LogP contribution in [0, 0.1) is 0 Å². The van der Waals surface area contributed by atoms with Gasteiger partial charge in [-0.3, -0.25) is 4.79 Å². The van der Waals surface area contributed by atoms with Crippen LogP contribution in [0.5, 0.6) is 0 Å². The third kappa shape index (κ3) is 0.886. The van der Waals surface area contributed by atoms with Crippen molar-refractivity contribution in [2.75, 3.05) is 0 Å². The van der Waals surface area contributed by atoms with E-state index in [1.165, 1.54) is 0 Å². The summed E-state index contributed by atoms with van der Waals surface area (Å²) >= 11 is 0. The van der Waals surface area contributed by atoms with Gasteiger partial charge in [-0.15, -0.1) is 0 Å². The summed E-state index contributed by atoms with van der Waals surface area (Å²) in [6, 6.07) is 0. The van der Waals surface area contributed by atoms with E-state index in [0.717, 1.165) is 24.8 Å². The lowest BCUT2D eigenvalue weighted by molar-refractivity contribution is -0.114. The van der Waals surface area contributed by atoms with Gasteiger partial charge in [0.1, 0.15) is 0 Å². The highest BCUT2D eigenvalue weighted by Gasteiger charge is 2.07. The zero-order chi connectivity index (χ0) is 5.98. The summed E-state index contributed by atoms with van der Waals surface area (Å²) in [5.74, 6) is -0.248. The second-order valence-corrected chi connectivity index (χ2v) is 1.99. The van der Waals surface area contributed by atoms with Crippen LogP contribution in [0.2, 0.25) is 0 Å². The molecule has 0 spiro atoms. The Morgan fingerprint density at radius 3 is 2.75 bits per heavy atom. The molecule has 2 nitrogen and oxygen atoms in total. The molecule has 0 saturated carbocycles. The van der Waals surface area contributed by atoms with E-state index in [1.807, 2.05) is 6.08 Å². The SMILES string of the molecule is NC(=O)C1=CCCC1. The van der Waals surface area contributed by atoms with E-state index in [1.54, 1.807) is 0 Å². The van der Waals surface area contributed by atoms with E-state index in [2.05, 4.69) is 0 Å². The van der Waals surface area contributed by atoms with Crippen LogP contribution in [0.15, 0.2) is 11.6 Å². The van der Waals surface area contributed by atoms with Gasteiger partial charge in [-0.05, 0) is 19.3 Å². The molecular weight excluding hydrogens is 102 g/mol. The number of allylic oxidation sites excluding steroid dienone is 1. The Morgan fingerprint density at radius 1 is 1.75 bits per heavy atom. The maximum atomic E-state index is 10.4. The van der Waals surface area contributed by atoms with Gasteiger partial charge in [-0.2, -0.15) is 0 Å². The van der Waals surface area contributed by atoms with Crippen molar-refractivity contribution in [1.29, 1.82) is 0 Å². The monoisotopic (exact) mass is 111 g/mol. The van der Waals surface area contributed by atoms with Gasteiger partial charge in [0.05, 0.1) is 0 Å². The van der Waals surface area contributed by atoms with Gasteiger partial charge in [-0.25, -0.2) is 0 Å². The fraction of sp³-hybridized carbons (Fsp3) is 0.500. The van der Waals surface area contributed by atoms with Gasteiger partial charge in [0.25, 0.3) is 0 Å². The molecule has 0 atom stereocenters. The van der Waals surface area contributed by atoms with Crippen LogP contribution in [-0.2, 0) is 4.79 Å². The molecule has 2 N–H and O–H groups in total. The first-order chi connectivity index (χ1) is 3.80. The minimum atomic E-state index is -0.248. The van der Waals surface area contributed by atoms with E-state index in [-0.39, 0.29) is 5.91 Å². The predicted octanol–water partition coefficient (Wildman–Crippen LogP) is 0.582. The lowest BCUT2D eigenvalue weighted by Crippen LogP contribution is -2.11. The first-order valence-electron chi connectivity index (χ1n) is 2.79. The minimum absolute atomic E-state index is 0.248. The first kappa shape index (κ1) is 5.35. The van der Waals surface area contributed by atoms with E-state index in [4.69, 9.17) is 5.73 Å². The Balaban J connectivity index is 2.57. The average molecular weight is 111 g/mol. The van der Waals surface area contributed by atoms with Gasteiger partial charge in [0.15, 0.2) is 0 Å². The molecule has 1 amide bonds. The summed E-state index contributed by atoms with van der Waals surface area (Å²) in [6.07, 6.45) is 4.92. The second-order valence-electron chi connectivity index (χ2n) is 1.99. The largest absolute Gasteiger partial charge is 0.366 e. The molecule has 0 bridgehead atoms. The zero-order valence-corrected chi connectivity index (χ0v) is 4.68. The van der Waals surface area contributed by atoms with Gasteiger partial charge >= 0.3 is 0 Å². The Kier molecular flexibility index (Phi) is 1.33. The standard InChI is InChI=1S/C6H9NO/c7-6(8)5-3-1-2-4-5/h3H,1-2,4H2,(H2,7,8). The Hall–Kier alpha value is -0.790. The predicted molar refractivity (Wildman–Crippen MR) is 31.1 cm³/mol. The Bertz CT molecular complexity index is 137. The molecule has 0 aromatic heterocycles. The summed E-state index contributed by atoms with van der Waals surface area (Å²) in [7, 11) is 0. The topological polar surface area (TPSA) is 43.1 Å². The number of rotatable bonds is 1. The third-order valence-electron chi connectivity index (χ3n) is 1.36. The first-order valence-corrected chi connectivity index (χ1v) is 2.79. The zero-order valence-electron chi connectivity index (χ0n) is 4.68. The Labute approximate surface area is 48.4 Å². The lowest BCUT2D eigenvalue weighted by atomic mass is 10.2. The smallest absolute Gasteiger partial charge is 0.244 e. The fourth-order valence-corrected chi connectivity index (χ4v) is 0.895. The van der Waals surface area contributed by atoms with Crippen molar-refractivity contribution in [2.45, 2.75) is 19.3 Å². The number of carbonyl (C=O) groups excluding carboxylic acids is 1. The van der Waals surface area contributed by atoms with Crippen LogP contribution in [0.3, 0.4) is 0 Å². The summed E-state index contributed by atoms with van der Waals surface area (Å²) in [5.41, 5.74) is 5.80. The summed E-state index contributed by atoms with van der Waals surface area (Å²) in [4.78, 5) is 10.4. The normalized spacial score (nSPS) is 18.2. The molecule has 2 heteroatoms. The van der Waals surface area contributed by atoms with Gasteiger partial charge < -0.3 is 5.73 Å². The van der Waals surface area contributed by atoms with E-state index in [0.29, 0.717) is 0 Å². The molecule has 0 aromatic rings. The van der Waals surface area contributed by atoms with Crippen molar-refractivity contribution in [2.24, 2.45) is 5.73 Å². The van der Waals surface area contributed by atoms with Crippen LogP contribution >= 0.6 is 0 Å². The van der Waals surface area contributed by atoms with Gasteiger partial charge in [0.2, 0.25) is 5.91 Å². The molecule has 1 aliphatic rings. The van der Waals surface area contributed by atoms with E-state index in [9.17, 15) is 4.79 Å². The van der Waals surface area contributed by atoms with Gasteiger partial charge in [0, 0.05) is 5.57 Å². The van der Waals surface area contributed by atoms with Crippen LogP contribution in [-0.4, -0.2) is 5.91 Å². The molecule has 0 heterocycles. The fourth-order valence-electron chi connectivity index (χ4n) is 0.895. The molecule has 0 unspecified atom stereocenters. The number of amides is 1. The molecule has 1 aliphatic carbocycles. The van der Waals surface area contributed by atoms with Crippen molar-refractivity contribution in [3.05, 3.63) is 11.6 Å². The number of hydrogen-bond acceptors (Lipinski definition) is 1. The molecule has 8 heavy (non-hydrogen) atoms. The molecule has 0 aromatic carbocycles. The highest BCUT2D eigenvalue weighted by atomic mass is 16.1. The van der Waals surface area contributed by atoms with Crippen molar-refractivity contribution >= 4 is 5.91 Å². The number of nitrogens with two attached hydrogens (primary N) is 1. The maximum Gasteiger partial charge on any atom is 0.244 e. The molecule has 0 aliphatic heterocycles. The minimum Gasteiger partial charge on any atom is -0.366 e. The van der Waals surface area contributed by atoms with Crippen molar-refractivity contribution in [3.8, 4) is 0 Å². The van der Waals surface area contributed by atoms with E-state index >= 15 is 0 Å². The number of hydrogen-bond donors (Lipinski definition) is 1. The molecule has 1 rings (SSSR count). The third-order valence-corrected chi connectivity index (χ3v) is 1.36. The quantitative estimate of drug-likeness (QED) is 0.528. The average Bonchev–Trinajstić information content (AvgIpc) is 2.12. The van der Waals surface area contributed by atoms with Crippen LogP contribution in [0.25, 0.3) is 0 Å². The van der Waals surface area contributed by atoms with Crippen molar-refractivity contribution in [1.82, 2.24) is 0 Å². The van der Waals surface area contributed by atoms with Crippen molar-refractivity contribution in [3.63, 3.8) is 0 Å². The summed E-state index contributed by atoms with van der Waals surface area (Å²) in [5, 5.41) is 0. The van der Waals surface area contributed by atoms with Crippen LogP contribution in [0.4, 0.5) is 0 Å². The number of primary amides is 1. The number of carbonyl (C=O) groups is 1. The lowest BCUT2D eigenvalue weighted by Gasteiger charge is -1.88. The molecule has 0 fully saturated rings. The summed E-state index contributed by atoms with van der Waals surface area (Å²) < 4.78 is 0. The second kappa shape index (κ2) is 1.99. The molecular formula is C6H9NO. The molecule has 0 radical (unpaired) electrons. The van der Waals surface area contributed by atoms with E-state index < -0.39 is 0 Å². The highest BCUT2D eigenvalue weighted by Crippen LogP contribution is 2.15. The van der Waals surface area contributed by atoms with Crippen molar-refractivity contribution < 1.29 is 4.79 Å².